The van der Waals surface area contributed by atoms with E-state index in [4.69, 9.17) is 9.47 Å². The third-order valence-electron chi connectivity index (χ3n) is 5.30. The average Bonchev–Trinajstić information content (AvgIpc) is 2.83. The van der Waals surface area contributed by atoms with Crippen LogP contribution in [-0.2, 0) is 20.9 Å². The highest BCUT2D eigenvalue weighted by atomic mass is 32.2. The molecule has 166 valence electrons. The minimum Gasteiger partial charge on any atom is -0.392 e. The highest BCUT2D eigenvalue weighted by Crippen LogP contribution is 2.39. The van der Waals surface area contributed by atoms with Crippen LogP contribution in [0, 0.1) is 0 Å². The minimum absolute atomic E-state index is 0.0106. The van der Waals surface area contributed by atoms with Crippen LogP contribution in [0.4, 0.5) is 5.69 Å². The van der Waals surface area contributed by atoms with Crippen molar-refractivity contribution in [3.05, 3.63) is 95.6 Å². The SMILES string of the molecule is CC(=O)Nc1ccc([C@@H]2O[C@H](CSc3ccccc3)C[C@H](c3ccc(CO)cc3)O2)cc1. The number of rotatable bonds is 7. The van der Waals surface area contributed by atoms with Crippen molar-refractivity contribution in [2.45, 2.75) is 43.3 Å². The van der Waals surface area contributed by atoms with Crippen LogP contribution in [0.1, 0.15) is 42.4 Å². The molecule has 3 aromatic carbocycles. The van der Waals surface area contributed by atoms with E-state index in [1.165, 1.54) is 11.8 Å². The van der Waals surface area contributed by atoms with Crippen LogP contribution in [0.2, 0.25) is 0 Å². The fraction of sp³-hybridized carbons (Fsp3) is 0.269. The molecule has 0 radical (unpaired) electrons. The summed E-state index contributed by atoms with van der Waals surface area (Å²) in [7, 11) is 0. The van der Waals surface area contributed by atoms with E-state index in [9.17, 15) is 9.90 Å². The fourth-order valence-corrected chi connectivity index (χ4v) is 4.60. The summed E-state index contributed by atoms with van der Waals surface area (Å²) in [6.45, 7) is 1.51. The number of aliphatic hydroxyl groups excluding tert-OH is 1. The first-order chi connectivity index (χ1) is 15.6. The molecule has 4 rings (SSSR count). The van der Waals surface area contributed by atoms with Gasteiger partial charge in [-0.1, -0.05) is 54.6 Å². The zero-order valence-corrected chi connectivity index (χ0v) is 18.8. The molecule has 2 N–H and O–H groups in total. The lowest BCUT2D eigenvalue weighted by atomic mass is 10.0. The molecule has 1 saturated heterocycles. The van der Waals surface area contributed by atoms with E-state index in [1.807, 2.05) is 66.7 Å². The zero-order valence-electron chi connectivity index (χ0n) is 17.9. The van der Waals surface area contributed by atoms with Crippen molar-refractivity contribution in [2.75, 3.05) is 11.1 Å². The lowest BCUT2D eigenvalue weighted by molar-refractivity contribution is -0.245. The number of hydrogen-bond acceptors (Lipinski definition) is 5. The number of hydrogen-bond donors (Lipinski definition) is 2. The van der Waals surface area contributed by atoms with Gasteiger partial charge >= 0.3 is 0 Å². The van der Waals surface area contributed by atoms with Crippen molar-refractivity contribution < 1.29 is 19.4 Å². The van der Waals surface area contributed by atoms with Crippen LogP contribution >= 0.6 is 11.8 Å². The molecule has 0 aromatic heterocycles. The van der Waals surface area contributed by atoms with Crippen LogP contribution in [0.3, 0.4) is 0 Å². The Balaban J connectivity index is 1.52. The number of amides is 1. The van der Waals surface area contributed by atoms with Gasteiger partial charge in [-0.15, -0.1) is 11.8 Å². The van der Waals surface area contributed by atoms with Crippen LogP contribution < -0.4 is 5.32 Å². The van der Waals surface area contributed by atoms with Gasteiger partial charge < -0.3 is 19.9 Å². The van der Waals surface area contributed by atoms with Crippen molar-refractivity contribution in [3.8, 4) is 0 Å². The van der Waals surface area contributed by atoms with Gasteiger partial charge in [0.15, 0.2) is 6.29 Å². The van der Waals surface area contributed by atoms with E-state index >= 15 is 0 Å². The van der Waals surface area contributed by atoms with Gasteiger partial charge in [-0.3, -0.25) is 4.79 Å². The summed E-state index contributed by atoms with van der Waals surface area (Å²) in [4.78, 5) is 12.5. The highest BCUT2D eigenvalue weighted by Gasteiger charge is 2.32. The zero-order chi connectivity index (χ0) is 22.3. The van der Waals surface area contributed by atoms with Crippen molar-refractivity contribution in [1.82, 2.24) is 0 Å². The molecule has 1 aliphatic heterocycles. The third-order valence-corrected chi connectivity index (χ3v) is 6.44. The topological polar surface area (TPSA) is 67.8 Å². The Hall–Kier alpha value is -2.64. The first-order valence-electron chi connectivity index (χ1n) is 10.7. The van der Waals surface area contributed by atoms with E-state index in [-0.39, 0.29) is 24.7 Å². The molecule has 0 spiro atoms. The first-order valence-corrected chi connectivity index (χ1v) is 11.7. The molecular weight excluding hydrogens is 422 g/mol. The Labute approximate surface area is 192 Å². The van der Waals surface area contributed by atoms with Crippen molar-refractivity contribution in [1.29, 1.82) is 0 Å². The van der Waals surface area contributed by atoms with E-state index in [2.05, 4.69) is 17.4 Å². The minimum atomic E-state index is -0.501. The Morgan fingerprint density at radius 3 is 2.31 bits per heavy atom. The summed E-state index contributed by atoms with van der Waals surface area (Å²) < 4.78 is 12.7. The van der Waals surface area contributed by atoms with Crippen LogP contribution in [0.25, 0.3) is 0 Å². The summed E-state index contributed by atoms with van der Waals surface area (Å²) in [5.74, 6) is 0.714. The predicted molar refractivity (Wildman–Crippen MR) is 126 cm³/mol. The number of carbonyl (C=O) groups is 1. The molecule has 32 heavy (non-hydrogen) atoms. The molecule has 5 nitrogen and oxygen atoms in total. The molecule has 3 atom stereocenters. The second kappa shape index (κ2) is 10.8. The van der Waals surface area contributed by atoms with E-state index < -0.39 is 6.29 Å². The normalized spacial score (nSPS) is 20.6. The average molecular weight is 450 g/mol. The van der Waals surface area contributed by atoms with Crippen molar-refractivity contribution in [2.24, 2.45) is 0 Å². The smallest absolute Gasteiger partial charge is 0.221 e. The van der Waals surface area contributed by atoms with E-state index in [0.29, 0.717) is 0 Å². The Morgan fingerprint density at radius 2 is 1.66 bits per heavy atom. The number of benzene rings is 3. The standard InChI is InChI=1S/C26H27NO4S/c1-18(29)27-22-13-11-21(12-14-22)26-30-23(17-32-24-5-3-2-4-6-24)15-25(31-26)20-9-7-19(16-28)8-10-20/h2-14,23,25-26,28H,15-17H2,1H3,(H,27,29)/t23-,25+,26+/m0/s1. The quantitative estimate of drug-likeness (QED) is 0.468. The summed E-state index contributed by atoms with van der Waals surface area (Å²) in [6, 6.07) is 25.8. The first kappa shape index (κ1) is 22.6. The van der Waals surface area contributed by atoms with Gasteiger partial charge in [-0.2, -0.15) is 0 Å². The van der Waals surface area contributed by atoms with E-state index in [0.717, 1.165) is 34.6 Å². The second-order valence-electron chi connectivity index (χ2n) is 7.78. The Kier molecular flexibility index (Phi) is 7.60. The molecule has 6 heteroatoms. The lowest BCUT2D eigenvalue weighted by Gasteiger charge is -2.36. The van der Waals surface area contributed by atoms with Gasteiger partial charge in [0.25, 0.3) is 0 Å². The monoisotopic (exact) mass is 449 g/mol. The maximum absolute atomic E-state index is 11.3. The van der Waals surface area contributed by atoms with Gasteiger partial charge in [0.05, 0.1) is 18.8 Å². The van der Waals surface area contributed by atoms with Gasteiger partial charge in [0, 0.05) is 35.2 Å². The summed E-state index contributed by atoms with van der Waals surface area (Å²) in [5.41, 5.74) is 3.59. The summed E-state index contributed by atoms with van der Waals surface area (Å²) in [6.07, 6.45) is 0.145. The maximum Gasteiger partial charge on any atom is 0.221 e. The van der Waals surface area contributed by atoms with Gasteiger partial charge in [-0.25, -0.2) is 0 Å². The molecule has 1 amide bonds. The fourth-order valence-electron chi connectivity index (χ4n) is 3.66. The molecule has 0 unspecified atom stereocenters. The summed E-state index contributed by atoms with van der Waals surface area (Å²) >= 11 is 1.78. The largest absolute Gasteiger partial charge is 0.392 e. The molecule has 1 aliphatic rings. The van der Waals surface area contributed by atoms with Crippen molar-refractivity contribution in [3.63, 3.8) is 0 Å². The predicted octanol–water partition coefficient (Wildman–Crippen LogP) is 5.48. The molecule has 3 aromatic rings. The maximum atomic E-state index is 11.3. The Bertz CT molecular complexity index is 1010. The van der Waals surface area contributed by atoms with Crippen LogP contribution in [-0.4, -0.2) is 22.9 Å². The number of thioether (sulfide) groups is 1. The van der Waals surface area contributed by atoms with Crippen LogP contribution in [0.5, 0.6) is 0 Å². The van der Waals surface area contributed by atoms with Gasteiger partial charge in [-0.05, 0) is 35.4 Å². The second-order valence-corrected chi connectivity index (χ2v) is 8.87. The van der Waals surface area contributed by atoms with Crippen LogP contribution in [0.15, 0.2) is 83.8 Å². The van der Waals surface area contributed by atoms with E-state index in [1.54, 1.807) is 11.8 Å². The highest BCUT2D eigenvalue weighted by molar-refractivity contribution is 7.99. The molecule has 0 saturated carbocycles. The molecule has 1 fully saturated rings. The van der Waals surface area contributed by atoms with Gasteiger partial charge in [0.1, 0.15) is 0 Å². The summed E-state index contributed by atoms with van der Waals surface area (Å²) in [5, 5.41) is 12.1. The Morgan fingerprint density at radius 1 is 0.969 bits per heavy atom. The number of ether oxygens (including phenoxy) is 2. The molecule has 1 heterocycles. The number of anilines is 1. The van der Waals surface area contributed by atoms with Gasteiger partial charge in [0.2, 0.25) is 5.91 Å². The molecule has 0 aliphatic carbocycles. The molecule has 0 bridgehead atoms. The number of aliphatic hydroxyl groups is 1. The lowest BCUT2D eigenvalue weighted by Crippen LogP contribution is -2.31. The number of nitrogens with one attached hydrogen (secondary N) is 1. The number of carbonyl (C=O) groups excluding carboxylic acids is 1. The van der Waals surface area contributed by atoms with Crippen molar-refractivity contribution >= 4 is 23.4 Å². The molecular formula is C26H27NO4S. The third kappa shape index (κ3) is 5.99.